The Morgan fingerprint density at radius 3 is 2.23 bits per heavy atom. The molecule has 0 amide bonds. The summed E-state index contributed by atoms with van der Waals surface area (Å²) in [6.07, 6.45) is 19.7. The number of allylic oxidation sites excluding steroid dienone is 9. The average molecular weight is 355 g/mol. The summed E-state index contributed by atoms with van der Waals surface area (Å²) < 4.78 is 0. The molecule has 0 fully saturated rings. The molecule has 26 heavy (non-hydrogen) atoms. The monoisotopic (exact) mass is 354 g/mol. The molecule has 0 saturated heterocycles. The number of carboxylic acids is 1. The molecule has 0 aromatic heterocycles. The van der Waals surface area contributed by atoms with E-state index in [-0.39, 0.29) is 5.41 Å². The summed E-state index contributed by atoms with van der Waals surface area (Å²) in [7, 11) is 0. The van der Waals surface area contributed by atoms with Gasteiger partial charge in [-0.15, -0.1) is 0 Å². The second kappa shape index (κ2) is 9.21. The molecule has 0 bridgehead atoms. The maximum absolute atomic E-state index is 10.8. The van der Waals surface area contributed by atoms with E-state index in [4.69, 9.17) is 5.11 Å². The first-order chi connectivity index (χ1) is 12.3. The van der Waals surface area contributed by atoms with Crippen LogP contribution in [0.4, 0.5) is 0 Å². The molecular weight excluding hydrogens is 320 g/mol. The minimum Gasteiger partial charge on any atom is -0.478 e. The van der Waals surface area contributed by atoms with Crippen molar-refractivity contribution >= 4 is 5.97 Å². The van der Waals surface area contributed by atoms with Crippen molar-refractivity contribution in [3.63, 3.8) is 0 Å². The molecule has 0 radical (unpaired) electrons. The number of hydrogen-bond donors (Lipinski definition) is 1. The van der Waals surface area contributed by atoms with Crippen LogP contribution in [0, 0.1) is 5.41 Å². The molecule has 2 aliphatic rings. The van der Waals surface area contributed by atoms with Crippen LogP contribution >= 0.6 is 0 Å². The van der Waals surface area contributed by atoms with E-state index in [1.165, 1.54) is 66.9 Å². The summed E-state index contributed by atoms with van der Waals surface area (Å²) >= 11 is 0. The van der Waals surface area contributed by atoms with Gasteiger partial charge in [-0.05, 0) is 86.5 Å². The number of rotatable bonds is 5. The van der Waals surface area contributed by atoms with Crippen molar-refractivity contribution in [1.29, 1.82) is 0 Å². The Morgan fingerprint density at radius 1 is 0.962 bits per heavy atom. The molecule has 2 heteroatoms. The molecular formula is C24H34O2. The summed E-state index contributed by atoms with van der Waals surface area (Å²) in [5.41, 5.74) is 6.87. The Hall–Kier alpha value is -1.83. The molecule has 0 aromatic rings. The summed E-state index contributed by atoms with van der Waals surface area (Å²) in [4.78, 5) is 10.8. The van der Waals surface area contributed by atoms with E-state index in [2.05, 4.69) is 39.0 Å². The third-order valence-corrected chi connectivity index (χ3v) is 5.70. The van der Waals surface area contributed by atoms with Gasteiger partial charge in [0.1, 0.15) is 0 Å². The van der Waals surface area contributed by atoms with E-state index in [0.29, 0.717) is 0 Å². The minimum atomic E-state index is -0.885. The Labute approximate surface area is 159 Å². The fraction of sp³-hybridized carbons (Fsp3) is 0.542. The lowest BCUT2D eigenvalue weighted by atomic mass is 9.72. The van der Waals surface area contributed by atoms with Crippen molar-refractivity contribution in [2.45, 2.75) is 79.1 Å². The molecule has 2 aliphatic carbocycles. The maximum atomic E-state index is 10.8. The van der Waals surface area contributed by atoms with E-state index in [1.54, 1.807) is 0 Å². The second-order valence-electron chi connectivity index (χ2n) is 8.44. The quantitative estimate of drug-likeness (QED) is 0.430. The van der Waals surface area contributed by atoms with Crippen LogP contribution < -0.4 is 0 Å². The van der Waals surface area contributed by atoms with Crippen LogP contribution in [-0.2, 0) is 4.79 Å². The molecule has 0 spiro atoms. The molecule has 0 unspecified atom stereocenters. The normalized spacial score (nSPS) is 22.4. The lowest BCUT2D eigenvalue weighted by Crippen LogP contribution is -2.19. The van der Waals surface area contributed by atoms with Crippen molar-refractivity contribution in [1.82, 2.24) is 0 Å². The first kappa shape index (κ1) is 20.5. The van der Waals surface area contributed by atoms with Gasteiger partial charge < -0.3 is 5.11 Å². The highest BCUT2D eigenvalue weighted by molar-refractivity contribution is 5.81. The summed E-state index contributed by atoms with van der Waals surface area (Å²) in [5.74, 6) is -0.885. The third-order valence-electron chi connectivity index (χ3n) is 5.70. The van der Waals surface area contributed by atoms with Crippen LogP contribution in [0.25, 0.3) is 0 Å². The Bertz CT molecular complexity index is 681. The zero-order chi connectivity index (χ0) is 19.2. The predicted molar refractivity (Wildman–Crippen MR) is 110 cm³/mol. The van der Waals surface area contributed by atoms with Crippen molar-refractivity contribution < 1.29 is 9.90 Å². The zero-order valence-corrected chi connectivity index (χ0v) is 16.9. The van der Waals surface area contributed by atoms with Crippen LogP contribution in [0.3, 0.4) is 0 Å². The average Bonchev–Trinajstić information content (AvgIpc) is 2.76. The lowest BCUT2D eigenvalue weighted by Gasteiger charge is -2.33. The van der Waals surface area contributed by atoms with Gasteiger partial charge in [0.05, 0.1) is 0 Å². The first-order valence-electron chi connectivity index (χ1n) is 9.99. The number of carboxylic acid groups (broad SMARTS) is 1. The largest absolute Gasteiger partial charge is 0.478 e. The summed E-state index contributed by atoms with van der Waals surface area (Å²) in [6, 6.07) is 0. The summed E-state index contributed by atoms with van der Waals surface area (Å²) in [5, 5.41) is 8.88. The molecule has 142 valence electrons. The third kappa shape index (κ3) is 5.86. The smallest absolute Gasteiger partial charge is 0.328 e. The minimum absolute atomic E-state index is 0.265. The molecule has 2 nitrogen and oxygen atoms in total. The Balaban J connectivity index is 2.30. The van der Waals surface area contributed by atoms with Crippen LogP contribution in [0.15, 0.2) is 58.2 Å². The molecule has 0 saturated carbocycles. The van der Waals surface area contributed by atoms with Gasteiger partial charge in [0.25, 0.3) is 0 Å². The van der Waals surface area contributed by atoms with Gasteiger partial charge in [0.2, 0.25) is 0 Å². The van der Waals surface area contributed by atoms with Gasteiger partial charge in [-0.3, -0.25) is 0 Å². The van der Waals surface area contributed by atoms with E-state index in [1.807, 2.05) is 13.0 Å². The highest BCUT2D eigenvalue weighted by Crippen LogP contribution is 2.41. The van der Waals surface area contributed by atoms with Crippen LogP contribution in [-0.4, -0.2) is 11.1 Å². The SMILES string of the molecule is CC1=C(C=CC2=C(/C=C/C(C)=C/C(=O)O)CCCCC2)C(C)(C)CCC1. The van der Waals surface area contributed by atoms with Crippen molar-refractivity contribution in [2.75, 3.05) is 0 Å². The Kier molecular flexibility index (Phi) is 7.25. The van der Waals surface area contributed by atoms with Crippen LogP contribution in [0.2, 0.25) is 0 Å². The van der Waals surface area contributed by atoms with Crippen LogP contribution in [0.5, 0.6) is 0 Å². The van der Waals surface area contributed by atoms with Gasteiger partial charge in [0.15, 0.2) is 0 Å². The standard InChI is InChI=1S/C24H34O2/c1-18(17-23(25)26)12-13-20-10-6-5-7-11-21(20)14-15-22-19(2)9-8-16-24(22,3)4/h12-15,17H,5-11,16H2,1-4H3,(H,25,26)/b13-12+,15-14?,18-17+. The summed E-state index contributed by atoms with van der Waals surface area (Å²) in [6.45, 7) is 8.84. The van der Waals surface area contributed by atoms with E-state index < -0.39 is 5.97 Å². The molecule has 2 rings (SSSR count). The highest BCUT2D eigenvalue weighted by atomic mass is 16.4. The number of hydrogen-bond acceptors (Lipinski definition) is 1. The van der Waals surface area contributed by atoms with Gasteiger partial charge >= 0.3 is 5.97 Å². The lowest BCUT2D eigenvalue weighted by molar-refractivity contribution is -0.131. The number of aliphatic carboxylic acids is 1. The van der Waals surface area contributed by atoms with Crippen molar-refractivity contribution in [2.24, 2.45) is 5.41 Å². The fourth-order valence-corrected chi connectivity index (χ4v) is 4.18. The van der Waals surface area contributed by atoms with E-state index in [0.717, 1.165) is 18.4 Å². The van der Waals surface area contributed by atoms with Gasteiger partial charge in [-0.25, -0.2) is 4.79 Å². The van der Waals surface area contributed by atoms with E-state index >= 15 is 0 Å². The predicted octanol–water partition coefficient (Wildman–Crippen LogP) is 6.92. The Morgan fingerprint density at radius 2 is 1.62 bits per heavy atom. The zero-order valence-electron chi connectivity index (χ0n) is 16.9. The van der Waals surface area contributed by atoms with E-state index in [9.17, 15) is 4.79 Å². The van der Waals surface area contributed by atoms with Gasteiger partial charge in [-0.1, -0.05) is 50.1 Å². The molecule has 1 N–H and O–H groups in total. The first-order valence-corrected chi connectivity index (χ1v) is 9.99. The number of carbonyl (C=O) groups is 1. The molecule has 0 heterocycles. The van der Waals surface area contributed by atoms with Crippen LogP contribution in [0.1, 0.15) is 79.1 Å². The molecule has 0 aliphatic heterocycles. The molecule has 0 atom stereocenters. The maximum Gasteiger partial charge on any atom is 0.328 e. The highest BCUT2D eigenvalue weighted by Gasteiger charge is 2.26. The van der Waals surface area contributed by atoms with Gasteiger partial charge in [0, 0.05) is 6.08 Å². The molecule has 0 aromatic carbocycles. The fourth-order valence-electron chi connectivity index (χ4n) is 4.18. The second-order valence-corrected chi connectivity index (χ2v) is 8.44. The topological polar surface area (TPSA) is 37.3 Å². The van der Waals surface area contributed by atoms with Gasteiger partial charge in [-0.2, -0.15) is 0 Å². The van der Waals surface area contributed by atoms with Crippen molar-refractivity contribution in [3.05, 3.63) is 58.2 Å². The van der Waals surface area contributed by atoms with Crippen molar-refractivity contribution in [3.8, 4) is 0 Å².